The Morgan fingerprint density at radius 1 is 1.00 bits per heavy atom. The van der Waals surface area contributed by atoms with Crippen LogP contribution in [0.2, 0.25) is 0 Å². The fourth-order valence-electron chi connectivity index (χ4n) is 3.19. The molecule has 2 rings (SSSR count). The zero-order valence-electron chi connectivity index (χ0n) is 18.7. The van der Waals surface area contributed by atoms with Gasteiger partial charge in [0.05, 0.1) is 13.2 Å². The van der Waals surface area contributed by atoms with E-state index in [1.54, 1.807) is 12.1 Å². The SMILES string of the molecule is COc1ccc(C(C)C)cc1S(=O)(=O)NC(C)C(=O)Nc1c(C)cccc1C(C)C. The summed E-state index contributed by atoms with van der Waals surface area (Å²) in [5.74, 6) is 0.186. The second-order valence-electron chi connectivity index (χ2n) is 8.09. The van der Waals surface area contributed by atoms with Gasteiger partial charge in [0, 0.05) is 5.69 Å². The molecule has 0 spiro atoms. The summed E-state index contributed by atoms with van der Waals surface area (Å²) >= 11 is 0. The number of carbonyl (C=O) groups is 1. The van der Waals surface area contributed by atoms with Crippen LogP contribution in [0.4, 0.5) is 5.69 Å². The van der Waals surface area contributed by atoms with E-state index >= 15 is 0 Å². The lowest BCUT2D eigenvalue weighted by molar-refractivity contribution is -0.117. The number of sulfonamides is 1. The number of hydrogen-bond acceptors (Lipinski definition) is 4. The van der Waals surface area contributed by atoms with Crippen LogP contribution in [0.25, 0.3) is 0 Å². The van der Waals surface area contributed by atoms with Crippen molar-refractivity contribution in [3.05, 3.63) is 53.1 Å². The summed E-state index contributed by atoms with van der Waals surface area (Å²) in [7, 11) is -2.55. The highest BCUT2D eigenvalue weighted by molar-refractivity contribution is 7.89. The van der Waals surface area contributed by atoms with Gasteiger partial charge in [0.2, 0.25) is 15.9 Å². The third-order valence-corrected chi connectivity index (χ3v) is 6.61. The van der Waals surface area contributed by atoms with Crippen molar-refractivity contribution in [3.63, 3.8) is 0 Å². The summed E-state index contributed by atoms with van der Waals surface area (Å²) in [5, 5.41) is 2.90. The molecular formula is C23H32N2O4S. The van der Waals surface area contributed by atoms with Crippen LogP contribution in [-0.4, -0.2) is 27.5 Å². The minimum atomic E-state index is -3.97. The van der Waals surface area contributed by atoms with Gasteiger partial charge in [-0.05, 0) is 54.5 Å². The van der Waals surface area contributed by atoms with Crippen LogP contribution in [0, 0.1) is 6.92 Å². The largest absolute Gasteiger partial charge is 0.495 e. The van der Waals surface area contributed by atoms with Gasteiger partial charge < -0.3 is 10.1 Å². The fourth-order valence-corrected chi connectivity index (χ4v) is 4.59. The first-order chi connectivity index (χ1) is 14.0. The predicted molar refractivity (Wildman–Crippen MR) is 121 cm³/mol. The molecule has 0 radical (unpaired) electrons. The van der Waals surface area contributed by atoms with Crippen molar-refractivity contribution in [3.8, 4) is 5.75 Å². The maximum absolute atomic E-state index is 13.0. The summed E-state index contributed by atoms with van der Waals surface area (Å²) in [6, 6.07) is 9.92. The van der Waals surface area contributed by atoms with Crippen LogP contribution >= 0.6 is 0 Å². The minimum Gasteiger partial charge on any atom is -0.495 e. The quantitative estimate of drug-likeness (QED) is 0.641. The van der Waals surface area contributed by atoms with E-state index in [0.717, 1.165) is 22.4 Å². The second kappa shape index (κ2) is 9.62. The van der Waals surface area contributed by atoms with Crippen molar-refractivity contribution in [2.45, 2.75) is 64.3 Å². The highest BCUT2D eigenvalue weighted by atomic mass is 32.2. The minimum absolute atomic E-state index is 0.0228. The Hall–Kier alpha value is -2.38. The van der Waals surface area contributed by atoms with Crippen LogP contribution in [0.15, 0.2) is 41.3 Å². The molecule has 1 atom stereocenters. The third-order valence-electron chi connectivity index (χ3n) is 5.04. The molecule has 0 saturated heterocycles. The van der Waals surface area contributed by atoms with Crippen molar-refractivity contribution in [2.75, 3.05) is 12.4 Å². The topological polar surface area (TPSA) is 84.5 Å². The van der Waals surface area contributed by atoms with E-state index in [2.05, 4.69) is 10.0 Å². The van der Waals surface area contributed by atoms with E-state index in [1.807, 2.05) is 58.9 Å². The molecule has 0 aliphatic rings. The van der Waals surface area contributed by atoms with Gasteiger partial charge in [0.1, 0.15) is 10.6 Å². The average Bonchev–Trinajstić information content (AvgIpc) is 2.68. The lowest BCUT2D eigenvalue weighted by Gasteiger charge is -2.20. The van der Waals surface area contributed by atoms with Gasteiger partial charge in [0.15, 0.2) is 0 Å². The molecule has 6 nitrogen and oxygen atoms in total. The smallest absolute Gasteiger partial charge is 0.244 e. The van der Waals surface area contributed by atoms with Crippen LogP contribution in [0.5, 0.6) is 5.75 Å². The molecule has 7 heteroatoms. The number of methoxy groups -OCH3 is 1. The molecule has 0 heterocycles. The number of ether oxygens (including phenoxy) is 1. The Morgan fingerprint density at radius 2 is 1.67 bits per heavy atom. The maximum atomic E-state index is 13.0. The molecule has 2 aromatic carbocycles. The summed E-state index contributed by atoms with van der Waals surface area (Å²) < 4.78 is 33.8. The van der Waals surface area contributed by atoms with Crippen molar-refractivity contribution in [1.82, 2.24) is 4.72 Å². The fraction of sp³-hybridized carbons (Fsp3) is 0.435. The number of benzene rings is 2. The number of para-hydroxylation sites is 1. The molecule has 164 valence electrons. The van der Waals surface area contributed by atoms with E-state index < -0.39 is 22.0 Å². The first-order valence-corrected chi connectivity index (χ1v) is 11.6. The lowest BCUT2D eigenvalue weighted by atomic mass is 9.98. The highest BCUT2D eigenvalue weighted by Gasteiger charge is 2.26. The Morgan fingerprint density at radius 3 is 2.23 bits per heavy atom. The summed E-state index contributed by atoms with van der Waals surface area (Å²) in [4.78, 5) is 12.8. The standard InChI is InChI=1S/C23H32N2O4S/c1-14(2)18-11-12-20(29-7)21(13-18)30(27,28)25-17(6)23(26)24-22-16(5)9-8-10-19(22)15(3)4/h8-15,17,25H,1-7H3,(H,24,26). The summed E-state index contributed by atoms with van der Waals surface area (Å²) in [6.45, 7) is 11.5. The van der Waals surface area contributed by atoms with Crippen LogP contribution in [0.3, 0.4) is 0 Å². The molecule has 0 aliphatic carbocycles. The number of rotatable bonds is 8. The van der Waals surface area contributed by atoms with Crippen LogP contribution in [-0.2, 0) is 14.8 Å². The van der Waals surface area contributed by atoms with Gasteiger partial charge in [-0.15, -0.1) is 0 Å². The number of anilines is 1. The molecule has 1 amide bonds. The van der Waals surface area contributed by atoms with Crippen molar-refractivity contribution in [2.24, 2.45) is 0 Å². The molecule has 0 fully saturated rings. The monoisotopic (exact) mass is 432 g/mol. The van der Waals surface area contributed by atoms with Gasteiger partial charge in [-0.1, -0.05) is 52.0 Å². The van der Waals surface area contributed by atoms with Crippen LogP contribution < -0.4 is 14.8 Å². The van der Waals surface area contributed by atoms with E-state index in [0.29, 0.717) is 0 Å². The maximum Gasteiger partial charge on any atom is 0.244 e. The Balaban J connectivity index is 2.29. The van der Waals surface area contributed by atoms with Crippen LogP contribution in [0.1, 0.15) is 63.1 Å². The molecule has 2 aromatic rings. The first-order valence-electron chi connectivity index (χ1n) is 10.1. The van der Waals surface area contributed by atoms with Gasteiger partial charge in [-0.2, -0.15) is 4.72 Å². The van der Waals surface area contributed by atoms with E-state index in [-0.39, 0.29) is 22.5 Å². The molecule has 2 N–H and O–H groups in total. The lowest BCUT2D eigenvalue weighted by Crippen LogP contribution is -2.41. The number of carbonyl (C=O) groups excluding carboxylic acids is 1. The zero-order valence-corrected chi connectivity index (χ0v) is 19.6. The molecule has 1 unspecified atom stereocenters. The first kappa shape index (κ1) is 23.9. The number of amides is 1. The Labute approximate surface area is 180 Å². The third kappa shape index (κ3) is 5.40. The predicted octanol–water partition coefficient (Wildman–Crippen LogP) is 4.56. The van der Waals surface area contributed by atoms with E-state index in [1.165, 1.54) is 14.0 Å². The normalized spacial score (nSPS) is 12.8. The van der Waals surface area contributed by atoms with Crippen molar-refractivity contribution < 1.29 is 17.9 Å². The number of aryl methyl sites for hydroxylation is 1. The second-order valence-corrected chi connectivity index (χ2v) is 9.77. The van der Waals surface area contributed by atoms with Gasteiger partial charge in [-0.3, -0.25) is 4.79 Å². The Kier molecular flexibility index (Phi) is 7.66. The van der Waals surface area contributed by atoms with Crippen molar-refractivity contribution >= 4 is 21.6 Å². The Bertz CT molecular complexity index is 1010. The molecule has 0 bridgehead atoms. The average molecular weight is 433 g/mol. The molecular weight excluding hydrogens is 400 g/mol. The summed E-state index contributed by atoms with van der Waals surface area (Å²) in [6.07, 6.45) is 0. The molecule has 0 saturated carbocycles. The number of hydrogen-bond donors (Lipinski definition) is 2. The molecule has 0 aliphatic heterocycles. The summed E-state index contributed by atoms with van der Waals surface area (Å²) in [5.41, 5.74) is 3.53. The number of nitrogens with one attached hydrogen (secondary N) is 2. The highest BCUT2D eigenvalue weighted by Crippen LogP contribution is 2.29. The van der Waals surface area contributed by atoms with E-state index in [9.17, 15) is 13.2 Å². The van der Waals surface area contributed by atoms with Gasteiger partial charge in [0.25, 0.3) is 0 Å². The van der Waals surface area contributed by atoms with E-state index in [4.69, 9.17) is 4.74 Å². The van der Waals surface area contributed by atoms with Gasteiger partial charge in [-0.25, -0.2) is 8.42 Å². The molecule has 30 heavy (non-hydrogen) atoms. The molecule has 0 aromatic heterocycles. The van der Waals surface area contributed by atoms with Gasteiger partial charge >= 0.3 is 0 Å². The van der Waals surface area contributed by atoms with Crippen molar-refractivity contribution in [1.29, 1.82) is 0 Å². The zero-order chi connectivity index (χ0) is 22.6.